The fraction of sp³-hybridized carbons (Fsp3) is 0.533. The van der Waals surface area contributed by atoms with E-state index in [9.17, 15) is 9.90 Å². The zero-order valence-electron chi connectivity index (χ0n) is 11.7. The SMILES string of the molecule is COc1ccc(CN2CC(C)CC2C)cc1C(=O)O. The Bertz CT molecular complexity index is 472. The van der Waals surface area contributed by atoms with Gasteiger partial charge in [-0.25, -0.2) is 4.79 Å². The number of ether oxygens (including phenoxy) is 1. The average Bonchev–Trinajstić information content (AvgIpc) is 2.67. The second-order valence-corrected chi connectivity index (χ2v) is 5.46. The van der Waals surface area contributed by atoms with Crippen molar-refractivity contribution in [3.63, 3.8) is 0 Å². The first-order valence-electron chi connectivity index (χ1n) is 6.65. The van der Waals surface area contributed by atoms with Gasteiger partial charge in [0.15, 0.2) is 0 Å². The molecule has 1 aliphatic rings. The van der Waals surface area contributed by atoms with Crippen LogP contribution in [0.3, 0.4) is 0 Å². The fourth-order valence-corrected chi connectivity index (χ4v) is 2.86. The molecular weight excluding hydrogens is 242 g/mol. The van der Waals surface area contributed by atoms with Crippen molar-refractivity contribution in [1.29, 1.82) is 0 Å². The molecule has 4 heteroatoms. The van der Waals surface area contributed by atoms with E-state index in [2.05, 4.69) is 18.7 Å². The van der Waals surface area contributed by atoms with Crippen molar-refractivity contribution < 1.29 is 14.6 Å². The zero-order chi connectivity index (χ0) is 14.0. The van der Waals surface area contributed by atoms with E-state index in [0.29, 0.717) is 17.7 Å². The molecule has 1 heterocycles. The Morgan fingerprint density at radius 2 is 2.21 bits per heavy atom. The lowest BCUT2D eigenvalue weighted by Gasteiger charge is -2.21. The Morgan fingerprint density at radius 3 is 2.74 bits per heavy atom. The van der Waals surface area contributed by atoms with E-state index in [1.807, 2.05) is 6.07 Å². The molecule has 0 aromatic heterocycles. The van der Waals surface area contributed by atoms with E-state index >= 15 is 0 Å². The maximum absolute atomic E-state index is 11.2. The highest BCUT2D eigenvalue weighted by Crippen LogP contribution is 2.26. The molecule has 0 saturated carbocycles. The van der Waals surface area contributed by atoms with Gasteiger partial charge < -0.3 is 9.84 Å². The predicted molar refractivity (Wildman–Crippen MR) is 73.6 cm³/mol. The van der Waals surface area contributed by atoms with Gasteiger partial charge in [-0.1, -0.05) is 13.0 Å². The Morgan fingerprint density at radius 1 is 1.47 bits per heavy atom. The predicted octanol–water partition coefficient (Wildman–Crippen LogP) is 2.62. The smallest absolute Gasteiger partial charge is 0.339 e. The molecule has 4 nitrogen and oxygen atoms in total. The second kappa shape index (κ2) is 5.61. The summed E-state index contributed by atoms with van der Waals surface area (Å²) >= 11 is 0. The molecule has 104 valence electrons. The summed E-state index contributed by atoms with van der Waals surface area (Å²) in [5.41, 5.74) is 1.26. The van der Waals surface area contributed by atoms with Crippen LogP contribution < -0.4 is 4.74 Å². The van der Waals surface area contributed by atoms with Crippen LogP contribution in [-0.2, 0) is 6.54 Å². The summed E-state index contributed by atoms with van der Waals surface area (Å²) in [7, 11) is 1.49. The largest absolute Gasteiger partial charge is 0.496 e. The first-order chi connectivity index (χ1) is 9.01. The molecule has 0 amide bonds. The number of aromatic carboxylic acids is 1. The molecule has 0 bridgehead atoms. The molecule has 2 atom stereocenters. The van der Waals surface area contributed by atoms with Gasteiger partial charge in [0.2, 0.25) is 0 Å². The van der Waals surface area contributed by atoms with Crippen LogP contribution in [0, 0.1) is 5.92 Å². The molecule has 1 fully saturated rings. The van der Waals surface area contributed by atoms with Crippen molar-refractivity contribution in [2.24, 2.45) is 5.92 Å². The number of rotatable bonds is 4. The molecule has 1 saturated heterocycles. The number of carbonyl (C=O) groups is 1. The monoisotopic (exact) mass is 263 g/mol. The molecule has 2 unspecified atom stereocenters. The standard InChI is InChI=1S/C15H21NO3/c1-10-6-11(2)16(8-10)9-12-4-5-14(19-3)13(7-12)15(17)18/h4-5,7,10-11H,6,8-9H2,1-3H3,(H,17,18). The van der Waals surface area contributed by atoms with Crippen LogP contribution in [0.1, 0.15) is 36.2 Å². The molecule has 1 aromatic rings. The quantitative estimate of drug-likeness (QED) is 0.907. The highest BCUT2D eigenvalue weighted by Gasteiger charge is 2.26. The molecule has 2 rings (SSSR count). The Kier molecular flexibility index (Phi) is 4.10. The number of benzene rings is 1. The van der Waals surface area contributed by atoms with Crippen molar-refractivity contribution in [3.05, 3.63) is 29.3 Å². The third kappa shape index (κ3) is 3.07. The molecule has 1 aromatic carbocycles. The maximum Gasteiger partial charge on any atom is 0.339 e. The summed E-state index contributed by atoms with van der Waals surface area (Å²) < 4.78 is 5.08. The summed E-state index contributed by atoms with van der Waals surface area (Å²) in [6, 6.07) is 5.96. The van der Waals surface area contributed by atoms with Gasteiger partial charge >= 0.3 is 5.97 Å². The number of methoxy groups -OCH3 is 1. The number of hydrogen-bond acceptors (Lipinski definition) is 3. The third-order valence-corrected chi connectivity index (χ3v) is 3.79. The van der Waals surface area contributed by atoms with Crippen molar-refractivity contribution in [2.75, 3.05) is 13.7 Å². The lowest BCUT2D eigenvalue weighted by molar-refractivity contribution is 0.0693. The molecule has 1 aliphatic heterocycles. The van der Waals surface area contributed by atoms with E-state index in [4.69, 9.17) is 4.74 Å². The Hall–Kier alpha value is -1.55. The van der Waals surface area contributed by atoms with Crippen molar-refractivity contribution in [3.8, 4) is 5.75 Å². The van der Waals surface area contributed by atoms with E-state index in [1.165, 1.54) is 13.5 Å². The van der Waals surface area contributed by atoms with Crippen LogP contribution in [0.5, 0.6) is 5.75 Å². The zero-order valence-corrected chi connectivity index (χ0v) is 11.7. The summed E-state index contributed by atoms with van der Waals surface area (Å²) in [6.07, 6.45) is 1.21. The van der Waals surface area contributed by atoms with Gasteiger partial charge in [-0.3, -0.25) is 4.90 Å². The number of carboxylic acid groups (broad SMARTS) is 1. The first kappa shape index (κ1) is 13.9. The fourth-order valence-electron chi connectivity index (χ4n) is 2.86. The van der Waals surface area contributed by atoms with Crippen LogP contribution >= 0.6 is 0 Å². The summed E-state index contributed by atoms with van der Waals surface area (Å²) in [5.74, 6) is 0.188. The van der Waals surface area contributed by atoms with Gasteiger partial charge in [-0.2, -0.15) is 0 Å². The first-order valence-corrected chi connectivity index (χ1v) is 6.65. The van der Waals surface area contributed by atoms with Gasteiger partial charge in [-0.05, 0) is 37.0 Å². The Balaban J connectivity index is 2.17. The highest BCUT2D eigenvalue weighted by atomic mass is 16.5. The van der Waals surface area contributed by atoms with Crippen LogP contribution in [-0.4, -0.2) is 35.7 Å². The molecule has 0 spiro atoms. The van der Waals surface area contributed by atoms with Gasteiger partial charge in [0, 0.05) is 19.1 Å². The molecule has 1 N–H and O–H groups in total. The lowest BCUT2D eigenvalue weighted by atomic mass is 10.1. The topological polar surface area (TPSA) is 49.8 Å². The molecule has 19 heavy (non-hydrogen) atoms. The van der Waals surface area contributed by atoms with Crippen LogP contribution in [0.15, 0.2) is 18.2 Å². The minimum Gasteiger partial charge on any atom is -0.496 e. The van der Waals surface area contributed by atoms with Crippen LogP contribution in [0.4, 0.5) is 0 Å². The second-order valence-electron chi connectivity index (χ2n) is 5.46. The highest BCUT2D eigenvalue weighted by molar-refractivity contribution is 5.91. The van der Waals surface area contributed by atoms with Crippen molar-refractivity contribution in [1.82, 2.24) is 4.90 Å². The number of nitrogens with zero attached hydrogens (tertiary/aromatic N) is 1. The van der Waals surface area contributed by atoms with Crippen molar-refractivity contribution in [2.45, 2.75) is 32.9 Å². The van der Waals surface area contributed by atoms with Crippen molar-refractivity contribution >= 4 is 5.97 Å². The summed E-state index contributed by atoms with van der Waals surface area (Å²) in [4.78, 5) is 13.6. The Labute approximate surface area is 114 Å². The van der Waals surface area contributed by atoms with E-state index in [1.54, 1.807) is 12.1 Å². The average molecular weight is 263 g/mol. The lowest BCUT2D eigenvalue weighted by Crippen LogP contribution is -2.26. The summed E-state index contributed by atoms with van der Waals surface area (Å²) in [6.45, 7) is 6.36. The molecule has 0 aliphatic carbocycles. The number of hydrogen-bond donors (Lipinski definition) is 1. The normalized spacial score (nSPS) is 23.5. The van der Waals surface area contributed by atoms with Crippen LogP contribution in [0.25, 0.3) is 0 Å². The number of carboxylic acids is 1. The number of likely N-dealkylation sites (tertiary alicyclic amines) is 1. The van der Waals surface area contributed by atoms with E-state index in [-0.39, 0.29) is 5.56 Å². The minimum absolute atomic E-state index is 0.236. The van der Waals surface area contributed by atoms with Gasteiger partial charge in [0.1, 0.15) is 11.3 Å². The van der Waals surface area contributed by atoms with Gasteiger partial charge in [0.05, 0.1) is 7.11 Å². The maximum atomic E-state index is 11.2. The molecular formula is C15H21NO3. The molecule has 0 radical (unpaired) electrons. The van der Waals surface area contributed by atoms with E-state index < -0.39 is 5.97 Å². The minimum atomic E-state index is -0.943. The summed E-state index contributed by atoms with van der Waals surface area (Å²) in [5, 5.41) is 9.18. The third-order valence-electron chi connectivity index (χ3n) is 3.79. The van der Waals surface area contributed by atoms with Gasteiger partial charge in [-0.15, -0.1) is 0 Å². The van der Waals surface area contributed by atoms with E-state index in [0.717, 1.165) is 18.7 Å². The van der Waals surface area contributed by atoms with Gasteiger partial charge in [0.25, 0.3) is 0 Å². The van der Waals surface area contributed by atoms with Crippen LogP contribution in [0.2, 0.25) is 0 Å².